The minimum atomic E-state index is 0.00367. The molecule has 1 unspecified atom stereocenters. The van der Waals surface area contributed by atoms with Crippen molar-refractivity contribution in [1.29, 1.82) is 0 Å². The maximum Gasteiger partial charge on any atom is 0.306 e. The molecule has 0 bridgehead atoms. The summed E-state index contributed by atoms with van der Waals surface area (Å²) in [7, 11) is 0. The Labute approximate surface area is 289 Å². The molecule has 0 aliphatic heterocycles. The van der Waals surface area contributed by atoms with Crippen LogP contribution in [0, 0.1) is 0 Å². The summed E-state index contributed by atoms with van der Waals surface area (Å²) in [6, 6.07) is 0. The average molecular weight is 690 g/mol. The van der Waals surface area contributed by atoms with Crippen molar-refractivity contribution < 1.29 is 9.53 Å². The number of unbranched alkanes of at least 4 members (excludes halogenated alkanes) is 16. The zero-order chi connectivity index (χ0) is 32.7. The summed E-state index contributed by atoms with van der Waals surface area (Å²) in [6.07, 6.45) is 55.0. The van der Waals surface area contributed by atoms with Gasteiger partial charge in [-0.15, -0.1) is 0 Å². The SMILES string of the molecule is CCCCC/C=C\C/C=C\C/C=C\CCCCCC(CCCCCCCC/C=C\C/C=C\CCCCC)OC(=O)CCCCBr. The number of hydrogen-bond acceptors (Lipinski definition) is 2. The first-order chi connectivity index (χ1) is 22.2. The topological polar surface area (TPSA) is 26.3 Å². The lowest BCUT2D eigenvalue weighted by Crippen LogP contribution is -2.18. The van der Waals surface area contributed by atoms with Crippen molar-refractivity contribution in [2.75, 3.05) is 5.33 Å². The smallest absolute Gasteiger partial charge is 0.306 e. The minimum Gasteiger partial charge on any atom is -0.462 e. The Balaban J connectivity index is 4.01. The van der Waals surface area contributed by atoms with Gasteiger partial charge in [0.25, 0.3) is 0 Å². The molecule has 0 saturated heterocycles. The number of allylic oxidation sites excluding steroid dienone is 10. The molecule has 0 N–H and O–H groups in total. The highest BCUT2D eigenvalue weighted by Gasteiger charge is 2.14. The van der Waals surface area contributed by atoms with Crippen molar-refractivity contribution >= 4 is 21.9 Å². The molecule has 0 radical (unpaired) electrons. The molecule has 3 heteroatoms. The van der Waals surface area contributed by atoms with Gasteiger partial charge in [0, 0.05) is 11.8 Å². The zero-order valence-electron chi connectivity index (χ0n) is 29.8. The fraction of sp³-hybridized carbons (Fsp3) is 0.738. The minimum absolute atomic E-state index is 0.00367. The van der Waals surface area contributed by atoms with E-state index >= 15 is 0 Å². The Bertz CT molecular complexity index is 748. The van der Waals surface area contributed by atoms with Gasteiger partial charge in [-0.2, -0.15) is 0 Å². The fourth-order valence-electron chi connectivity index (χ4n) is 5.33. The third kappa shape index (κ3) is 37.0. The first kappa shape index (κ1) is 43.6. The van der Waals surface area contributed by atoms with E-state index in [0.717, 1.165) is 63.1 Å². The number of hydrogen-bond donors (Lipinski definition) is 0. The van der Waals surface area contributed by atoms with Crippen molar-refractivity contribution in [3.8, 4) is 0 Å². The van der Waals surface area contributed by atoms with Gasteiger partial charge in [-0.05, 0) is 109 Å². The van der Waals surface area contributed by atoms with E-state index in [0.29, 0.717) is 6.42 Å². The molecule has 0 fully saturated rings. The highest BCUT2D eigenvalue weighted by Crippen LogP contribution is 2.18. The van der Waals surface area contributed by atoms with Gasteiger partial charge >= 0.3 is 5.97 Å². The van der Waals surface area contributed by atoms with Crippen LogP contribution in [0.15, 0.2) is 60.8 Å². The maximum atomic E-state index is 12.4. The van der Waals surface area contributed by atoms with E-state index in [1.54, 1.807) is 0 Å². The van der Waals surface area contributed by atoms with Crippen molar-refractivity contribution in [1.82, 2.24) is 0 Å². The zero-order valence-corrected chi connectivity index (χ0v) is 31.4. The Hall–Kier alpha value is -1.35. The first-order valence-corrected chi connectivity index (χ1v) is 20.4. The maximum absolute atomic E-state index is 12.4. The van der Waals surface area contributed by atoms with E-state index in [1.165, 1.54) is 109 Å². The van der Waals surface area contributed by atoms with Gasteiger partial charge in [-0.3, -0.25) is 4.79 Å². The summed E-state index contributed by atoms with van der Waals surface area (Å²) in [5.74, 6) is 0.00367. The standard InChI is InChI=1S/C42H73BrO2/c1-3-5-7-9-11-13-15-17-19-21-23-25-27-29-31-33-37-41(45-42(44)39-35-36-40-43)38-34-32-30-28-26-24-22-20-18-16-14-12-10-8-6-4-2/h11-14,17-20,23,25,41H,3-10,15-16,21-22,24,26-40H2,1-2H3/b13-11-,14-12-,19-17-,20-18-,25-23-. The molecule has 0 spiro atoms. The molecular formula is C42H73BrO2. The first-order valence-electron chi connectivity index (χ1n) is 19.2. The van der Waals surface area contributed by atoms with E-state index in [4.69, 9.17) is 4.74 Å². The summed E-state index contributed by atoms with van der Waals surface area (Å²) < 4.78 is 5.95. The molecule has 0 aromatic rings. The quantitative estimate of drug-likeness (QED) is 0.0291. The second-order valence-corrected chi connectivity index (χ2v) is 13.4. The predicted octanol–water partition coefficient (Wildman–Crippen LogP) is 14.6. The highest BCUT2D eigenvalue weighted by atomic mass is 79.9. The Kier molecular flexibility index (Phi) is 37.7. The largest absolute Gasteiger partial charge is 0.462 e. The lowest BCUT2D eigenvalue weighted by atomic mass is 10.0. The third-order valence-electron chi connectivity index (χ3n) is 8.20. The van der Waals surface area contributed by atoms with Gasteiger partial charge in [0.2, 0.25) is 0 Å². The molecule has 0 aromatic heterocycles. The van der Waals surface area contributed by atoms with Crippen LogP contribution in [0.3, 0.4) is 0 Å². The van der Waals surface area contributed by atoms with Gasteiger partial charge in [0.1, 0.15) is 6.10 Å². The summed E-state index contributed by atoms with van der Waals surface area (Å²) in [5, 5.41) is 0.956. The molecular weight excluding hydrogens is 616 g/mol. The van der Waals surface area contributed by atoms with Crippen LogP contribution in [0.1, 0.15) is 187 Å². The molecule has 0 amide bonds. The van der Waals surface area contributed by atoms with Gasteiger partial charge in [0.05, 0.1) is 0 Å². The highest BCUT2D eigenvalue weighted by molar-refractivity contribution is 9.09. The molecule has 0 aliphatic rings. The summed E-state index contributed by atoms with van der Waals surface area (Å²) in [4.78, 5) is 12.4. The number of rotatable bonds is 34. The van der Waals surface area contributed by atoms with Crippen molar-refractivity contribution in [3.63, 3.8) is 0 Å². The number of halogens is 1. The summed E-state index contributed by atoms with van der Waals surface area (Å²) in [6.45, 7) is 4.51. The monoisotopic (exact) mass is 688 g/mol. The number of ether oxygens (including phenoxy) is 1. The van der Waals surface area contributed by atoms with Gasteiger partial charge in [-0.1, -0.05) is 148 Å². The summed E-state index contributed by atoms with van der Waals surface area (Å²) in [5.41, 5.74) is 0. The lowest BCUT2D eigenvalue weighted by molar-refractivity contribution is -0.150. The van der Waals surface area contributed by atoms with Crippen LogP contribution < -0.4 is 0 Å². The van der Waals surface area contributed by atoms with Crippen molar-refractivity contribution in [2.24, 2.45) is 0 Å². The van der Waals surface area contributed by atoms with E-state index in [2.05, 4.69) is 90.5 Å². The molecule has 1 atom stereocenters. The lowest BCUT2D eigenvalue weighted by Gasteiger charge is -2.18. The molecule has 45 heavy (non-hydrogen) atoms. The normalized spacial score (nSPS) is 13.0. The summed E-state index contributed by atoms with van der Waals surface area (Å²) >= 11 is 3.46. The molecule has 2 nitrogen and oxygen atoms in total. The molecule has 260 valence electrons. The third-order valence-corrected chi connectivity index (χ3v) is 8.77. The van der Waals surface area contributed by atoms with Gasteiger partial charge < -0.3 is 4.74 Å². The van der Waals surface area contributed by atoms with Gasteiger partial charge in [0.15, 0.2) is 0 Å². The van der Waals surface area contributed by atoms with Crippen LogP contribution in [-0.4, -0.2) is 17.4 Å². The van der Waals surface area contributed by atoms with E-state index in [-0.39, 0.29) is 12.1 Å². The van der Waals surface area contributed by atoms with Crippen LogP contribution >= 0.6 is 15.9 Å². The molecule has 0 rings (SSSR count). The molecule has 0 aliphatic carbocycles. The predicted molar refractivity (Wildman–Crippen MR) is 205 cm³/mol. The van der Waals surface area contributed by atoms with Crippen molar-refractivity contribution in [3.05, 3.63) is 60.8 Å². The average Bonchev–Trinajstić information content (AvgIpc) is 3.04. The van der Waals surface area contributed by atoms with Crippen LogP contribution in [0.25, 0.3) is 0 Å². The van der Waals surface area contributed by atoms with Gasteiger partial charge in [-0.25, -0.2) is 0 Å². The number of alkyl halides is 1. The Morgan fingerprint density at radius 2 is 0.867 bits per heavy atom. The molecule has 0 heterocycles. The van der Waals surface area contributed by atoms with E-state index in [9.17, 15) is 4.79 Å². The van der Waals surface area contributed by atoms with Crippen LogP contribution in [0.5, 0.6) is 0 Å². The Morgan fingerprint density at radius 1 is 0.489 bits per heavy atom. The van der Waals surface area contributed by atoms with Crippen molar-refractivity contribution in [2.45, 2.75) is 193 Å². The second-order valence-electron chi connectivity index (χ2n) is 12.7. The Morgan fingerprint density at radius 3 is 1.31 bits per heavy atom. The van der Waals surface area contributed by atoms with Crippen LogP contribution in [0.4, 0.5) is 0 Å². The molecule has 0 aromatic carbocycles. The van der Waals surface area contributed by atoms with E-state index in [1.807, 2.05) is 0 Å². The van der Waals surface area contributed by atoms with Crippen LogP contribution in [-0.2, 0) is 9.53 Å². The molecule has 0 saturated carbocycles. The van der Waals surface area contributed by atoms with E-state index < -0.39 is 0 Å². The second kappa shape index (κ2) is 38.8. The van der Waals surface area contributed by atoms with Crippen LogP contribution in [0.2, 0.25) is 0 Å². The number of carbonyl (C=O) groups is 1. The fourth-order valence-corrected chi connectivity index (χ4v) is 5.73. The number of carbonyl (C=O) groups excluding carboxylic acids is 1. The number of esters is 1.